The highest BCUT2D eigenvalue weighted by Crippen LogP contribution is 2.23. The normalized spacial score (nSPS) is 15.0. The topological polar surface area (TPSA) is 79.5 Å². The van der Waals surface area contributed by atoms with E-state index < -0.39 is 0 Å². The molecule has 0 saturated carbocycles. The number of hydrogen-bond acceptors (Lipinski definition) is 6. The van der Waals surface area contributed by atoms with Gasteiger partial charge < -0.3 is 19.8 Å². The highest BCUT2D eigenvalue weighted by atomic mass is 16.5. The van der Waals surface area contributed by atoms with Crippen molar-refractivity contribution >= 4 is 22.3 Å². The van der Waals surface area contributed by atoms with Gasteiger partial charge in [-0.1, -0.05) is 0 Å². The van der Waals surface area contributed by atoms with Gasteiger partial charge in [0.15, 0.2) is 0 Å². The number of nitrogens with one attached hydrogen (secondary N) is 2. The van der Waals surface area contributed by atoms with Gasteiger partial charge in [-0.2, -0.15) is 0 Å². The third-order valence-corrected chi connectivity index (χ3v) is 4.58. The monoisotopic (exact) mass is 366 g/mol. The van der Waals surface area contributed by atoms with Crippen molar-refractivity contribution in [2.24, 2.45) is 0 Å². The Morgan fingerprint density at radius 2 is 1.96 bits per heavy atom. The predicted octanol–water partition coefficient (Wildman–Crippen LogP) is 2.38. The number of nitrogens with zero attached hydrogens (tertiary/aromatic N) is 2. The summed E-state index contributed by atoms with van der Waals surface area (Å²) in [4.78, 5) is 21.5. The van der Waals surface area contributed by atoms with Crippen molar-refractivity contribution in [3.63, 3.8) is 0 Å². The SMILES string of the molecule is O=c1[nH]ccc2ccnc(Nc3ccc(OCCN4CCOCC4)cc3)c12. The van der Waals surface area contributed by atoms with Crippen molar-refractivity contribution in [3.8, 4) is 5.75 Å². The molecule has 2 N–H and O–H groups in total. The van der Waals surface area contributed by atoms with Crippen LogP contribution < -0.4 is 15.6 Å². The lowest BCUT2D eigenvalue weighted by Crippen LogP contribution is -2.38. The van der Waals surface area contributed by atoms with E-state index in [0.29, 0.717) is 17.8 Å². The Labute approximate surface area is 156 Å². The second kappa shape index (κ2) is 8.20. The molecule has 7 nitrogen and oxygen atoms in total. The smallest absolute Gasteiger partial charge is 0.259 e. The van der Waals surface area contributed by atoms with Crippen LogP contribution >= 0.6 is 0 Å². The molecule has 0 bridgehead atoms. The van der Waals surface area contributed by atoms with Crippen molar-refractivity contribution in [3.05, 3.63) is 59.1 Å². The van der Waals surface area contributed by atoms with Crippen molar-refractivity contribution in [1.82, 2.24) is 14.9 Å². The van der Waals surface area contributed by atoms with Crippen LogP contribution in [0.15, 0.2) is 53.6 Å². The van der Waals surface area contributed by atoms with Crippen LogP contribution in [0.4, 0.5) is 11.5 Å². The van der Waals surface area contributed by atoms with Crippen LogP contribution in [0, 0.1) is 0 Å². The molecule has 1 aliphatic rings. The van der Waals surface area contributed by atoms with Crippen LogP contribution in [-0.2, 0) is 4.74 Å². The molecule has 1 aliphatic heterocycles. The zero-order valence-electron chi connectivity index (χ0n) is 15.0. The van der Waals surface area contributed by atoms with Crippen LogP contribution in [0.1, 0.15) is 0 Å². The van der Waals surface area contributed by atoms with E-state index in [1.807, 2.05) is 36.4 Å². The number of aromatic nitrogens is 2. The molecular weight excluding hydrogens is 344 g/mol. The number of H-pyrrole nitrogens is 1. The zero-order valence-corrected chi connectivity index (χ0v) is 15.0. The molecule has 1 saturated heterocycles. The predicted molar refractivity (Wildman–Crippen MR) is 105 cm³/mol. The number of aromatic amines is 1. The van der Waals surface area contributed by atoms with Gasteiger partial charge in [-0.3, -0.25) is 9.69 Å². The molecule has 0 unspecified atom stereocenters. The van der Waals surface area contributed by atoms with Crippen molar-refractivity contribution in [1.29, 1.82) is 0 Å². The van der Waals surface area contributed by atoms with E-state index in [4.69, 9.17) is 9.47 Å². The average Bonchev–Trinajstić information content (AvgIpc) is 2.70. The Morgan fingerprint density at radius 1 is 1.15 bits per heavy atom. The lowest BCUT2D eigenvalue weighted by molar-refractivity contribution is 0.0322. The molecule has 140 valence electrons. The lowest BCUT2D eigenvalue weighted by atomic mass is 10.2. The van der Waals surface area contributed by atoms with E-state index in [9.17, 15) is 4.79 Å². The summed E-state index contributed by atoms with van der Waals surface area (Å²) in [7, 11) is 0. The highest BCUT2D eigenvalue weighted by Gasteiger charge is 2.10. The minimum Gasteiger partial charge on any atom is -0.492 e. The van der Waals surface area contributed by atoms with Gasteiger partial charge in [0, 0.05) is 37.7 Å². The quantitative estimate of drug-likeness (QED) is 0.697. The van der Waals surface area contributed by atoms with Gasteiger partial charge in [0.2, 0.25) is 0 Å². The number of morpholine rings is 1. The molecule has 2 aromatic heterocycles. The van der Waals surface area contributed by atoms with Gasteiger partial charge in [-0.15, -0.1) is 0 Å². The summed E-state index contributed by atoms with van der Waals surface area (Å²) in [5.74, 6) is 1.35. The number of hydrogen-bond donors (Lipinski definition) is 2. The maximum atomic E-state index is 12.1. The van der Waals surface area contributed by atoms with E-state index in [1.165, 1.54) is 0 Å². The number of ether oxygens (including phenoxy) is 2. The molecule has 0 amide bonds. The first kappa shape index (κ1) is 17.5. The molecule has 0 aliphatic carbocycles. The van der Waals surface area contributed by atoms with Gasteiger partial charge in [0.1, 0.15) is 18.2 Å². The van der Waals surface area contributed by atoms with Gasteiger partial charge in [0.05, 0.1) is 18.6 Å². The Bertz CT molecular complexity index is 944. The summed E-state index contributed by atoms with van der Waals surface area (Å²) < 4.78 is 11.2. The van der Waals surface area contributed by atoms with Crippen LogP contribution in [-0.4, -0.2) is 54.3 Å². The first-order chi connectivity index (χ1) is 13.3. The zero-order chi connectivity index (χ0) is 18.5. The van der Waals surface area contributed by atoms with Crippen LogP contribution in [0.2, 0.25) is 0 Å². The summed E-state index contributed by atoms with van der Waals surface area (Å²) in [6.45, 7) is 5.06. The van der Waals surface area contributed by atoms with E-state index in [0.717, 1.165) is 49.7 Å². The highest BCUT2D eigenvalue weighted by molar-refractivity contribution is 5.92. The Balaban J connectivity index is 1.39. The molecule has 0 radical (unpaired) electrons. The third-order valence-electron chi connectivity index (χ3n) is 4.58. The molecule has 27 heavy (non-hydrogen) atoms. The van der Waals surface area contributed by atoms with Gasteiger partial charge in [-0.05, 0) is 41.8 Å². The molecular formula is C20H22N4O3. The number of rotatable bonds is 6. The van der Waals surface area contributed by atoms with E-state index in [-0.39, 0.29) is 5.56 Å². The molecule has 0 spiro atoms. The molecule has 1 fully saturated rings. The van der Waals surface area contributed by atoms with Crippen LogP contribution in [0.25, 0.3) is 10.8 Å². The first-order valence-electron chi connectivity index (χ1n) is 9.06. The van der Waals surface area contributed by atoms with E-state index in [1.54, 1.807) is 12.4 Å². The molecule has 1 aromatic carbocycles. The maximum absolute atomic E-state index is 12.1. The van der Waals surface area contributed by atoms with Crippen molar-refractivity contribution in [2.75, 3.05) is 44.8 Å². The summed E-state index contributed by atoms with van der Waals surface area (Å²) in [6, 6.07) is 11.3. The summed E-state index contributed by atoms with van der Waals surface area (Å²) >= 11 is 0. The Kier molecular flexibility index (Phi) is 5.32. The van der Waals surface area contributed by atoms with Gasteiger partial charge in [-0.25, -0.2) is 4.98 Å². The van der Waals surface area contributed by atoms with Crippen LogP contribution in [0.5, 0.6) is 5.75 Å². The number of pyridine rings is 2. The third kappa shape index (κ3) is 4.27. The molecule has 0 atom stereocenters. The van der Waals surface area contributed by atoms with Crippen molar-refractivity contribution < 1.29 is 9.47 Å². The fraction of sp³-hybridized carbons (Fsp3) is 0.300. The second-order valence-corrected chi connectivity index (χ2v) is 6.38. The minimum absolute atomic E-state index is 0.161. The first-order valence-corrected chi connectivity index (χ1v) is 9.06. The average molecular weight is 366 g/mol. The molecule has 7 heteroatoms. The summed E-state index contributed by atoms with van der Waals surface area (Å²) in [5.41, 5.74) is 0.685. The molecule has 3 heterocycles. The maximum Gasteiger partial charge on any atom is 0.259 e. The summed E-state index contributed by atoms with van der Waals surface area (Å²) in [5, 5.41) is 4.61. The Hall–Kier alpha value is -2.90. The van der Waals surface area contributed by atoms with Crippen molar-refractivity contribution in [2.45, 2.75) is 0 Å². The fourth-order valence-electron chi connectivity index (χ4n) is 3.12. The second-order valence-electron chi connectivity index (χ2n) is 6.38. The molecule has 4 rings (SSSR count). The fourth-order valence-corrected chi connectivity index (χ4v) is 3.12. The number of fused-ring (bicyclic) bond motifs is 1. The van der Waals surface area contributed by atoms with E-state index in [2.05, 4.69) is 20.2 Å². The number of anilines is 2. The standard InChI is InChI=1S/C20H22N4O3/c25-20-18-15(6-8-22-20)5-7-21-19(18)23-16-1-3-17(4-2-16)27-14-11-24-9-12-26-13-10-24/h1-8H,9-14H2,(H,21,23)(H,22,25). The summed E-state index contributed by atoms with van der Waals surface area (Å²) in [6.07, 6.45) is 3.32. The minimum atomic E-state index is -0.161. The Morgan fingerprint density at radius 3 is 2.78 bits per heavy atom. The van der Waals surface area contributed by atoms with Gasteiger partial charge >= 0.3 is 0 Å². The van der Waals surface area contributed by atoms with E-state index >= 15 is 0 Å². The van der Waals surface area contributed by atoms with Crippen LogP contribution in [0.3, 0.4) is 0 Å². The largest absolute Gasteiger partial charge is 0.492 e. The van der Waals surface area contributed by atoms with Gasteiger partial charge in [0.25, 0.3) is 5.56 Å². The number of benzene rings is 1. The lowest BCUT2D eigenvalue weighted by Gasteiger charge is -2.26. The molecule has 3 aromatic rings.